The van der Waals surface area contributed by atoms with Crippen LogP contribution >= 0.6 is 11.3 Å². The lowest BCUT2D eigenvalue weighted by molar-refractivity contribution is -0.138. The molecule has 2 aliphatic rings. The number of nitrogens with zero attached hydrogens (tertiary/aromatic N) is 5. The summed E-state index contributed by atoms with van der Waals surface area (Å²) in [6.07, 6.45) is -1.19. The van der Waals surface area contributed by atoms with Crippen molar-refractivity contribution in [1.82, 2.24) is 9.88 Å². The predicted octanol–water partition coefficient (Wildman–Crippen LogP) is 6.00. The zero-order chi connectivity index (χ0) is 30.2. The number of nitriles is 1. The Morgan fingerprint density at radius 1 is 1.14 bits per heavy atom. The summed E-state index contributed by atoms with van der Waals surface area (Å²) in [5.74, 6) is -2.72. The van der Waals surface area contributed by atoms with E-state index in [9.17, 15) is 22.4 Å². The Morgan fingerprint density at radius 2 is 1.93 bits per heavy atom. The lowest BCUT2D eigenvalue weighted by Gasteiger charge is -2.40. The summed E-state index contributed by atoms with van der Waals surface area (Å²) in [5.41, 5.74) is -0.720. The molecule has 1 atom stereocenters. The Labute approximate surface area is 243 Å². The van der Waals surface area contributed by atoms with Crippen molar-refractivity contribution in [1.29, 1.82) is 5.26 Å². The van der Waals surface area contributed by atoms with E-state index >= 15 is 4.39 Å². The van der Waals surface area contributed by atoms with E-state index in [2.05, 4.69) is 21.3 Å². The SMILES string of the molecule is C[C@@H]1CN(c2cc(F)c(C3=CCN(c4ncc(C#N)s4)CC3)cc2NC(=O)c2ccc(F)cc2C(F)(F)F)CCN1C. The van der Waals surface area contributed by atoms with Gasteiger partial charge in [0, 0.05) is 44.3 Å². The molecule has 3 heterocycles. The van der Waals surface area contributed by atoms with Gasteiger partial charge in [0.25, 0.3) is 5.91 Å². The van der Waals surface area contributed by atoms with Gasteiger partial charge >= 0.3 is 6.18 Å². The van der Waals surface area contributed by atoms with Gasteiger partial charge in [0.1, 0.15) is 22.6 Å². The van der Waals surface area contributed by atoms with Gasteiger partial charge in [0.2, 0.25) is 0 Å². The first kappa shape index (κ1) is 29.5. The number of piperazine rings is 1. The number of thiazole rings is 1. The summed E-state index contributed by atoms with van der Waals surface area (Å²) >= 11 is 1.26. The first-order valence-electron chi connectivity index (χ1n) is 13.2. The van der Waals surface area contributed by atoms with Crippen molar-refractivity contribution in [2.24, 2.45) is 0 Å². The number of amides is 1. The molecule has 0 bridgehead atoms. The standard InChI is InChI=1S/C29H27F5N6OS/c1-17-16-40(10-9-38(17)2)26-13-24(31)22(18-5-7-39(8-6-18)28-36-15-20(14-35)42-28)12-25(26)37-27(41)21-4-3-19(30)11-23(21)29(32,33)34/h3-5,11-13,15,17H,6-10,16H2,1-2H3,(H,37,41)/t17-/m1/s1. The molecule has 1 N–H and O–H groups in total. The maximum atomic E-state index is 15.7. The molecular weight excluding hydrogens is 575 g/mol. The van der Waals surface area contributed by atoms with Crippen molar-refractivity contribution in [2.75, 3.05) is 54.9 Å². The third-order valence-corrected chi connectivity index (χ3v) is 8.56. The van der Waals surface area contributed by atoms with Crippen molar-refractivity contribution in [3.63, 3.8) is 0 Å². The van der Waals surface area contributed by atoms with Crippen molar-refractivity contribution in [3.8, 4) is 6.07 Å². The zero-order valence-corrected chi connectivity index (χ0v) is 23.6. The van der Waals surface area contributed by atoms with Crippen LogP contribution in [0, 0.1) is 23.0 Å². The third-order valence-electron chi connectivity index (χ3n) is 7.59. The van der Waals surface area contributed by atoms with Gasteiger partial charge in [0.15, 0.2) is 5.13 Å². The summed E-state index contributed by atoms with van der Waals surface area (Å²) < 4.78 is 70.4. The van der Waals surface area contributed by atoms with Gasteiger partial charge in [-0.15, -0.1) is 0 Å². The number of halogens is 5. The number of likely N-dealkylation sites (N-methyl/N-ethyl adjacent to an activating group) is 1. The molecule has 1 saturated heterocycles. The van der Waals surface area contributed by atoms with Crippen LogP contribution in [0.2, 0.25) is 0 Å². The van der Waals surface area contributed by atoms with Crippen LogP contribution in [0.3, 0.4) is 0 Å². The van der Waals surface area contributed by atoms with Crippen LogP contribution in [0.15, 0.2) is 42.6 Å². The highest BCUT2D eigenvalue weighted by atomic mass is 32.1. The van der Waals surface area contributed by atoms with Crippen LogP contribution in [0.1, 0.15) is 39.7 Å². The topological polar surface area (TPSA) is 75.5 Å². The summed E-state index contributed by atoms with van der Waals surface area (Å²) in [6, 6.07) is 6.81. The molecule has 0 saturated carbocycles. The molecule has 7 nitrogen and oxygen atoms in total. The zero-order valence-electron chi connectivity index (χ0n) is 22.8. The van der Waals surface area contributed by atoms with Crippen LogP contribution in [0.4, 0.5) is 38.5 Å². The fourth-order valence-electron chi connectivity index (χ4n) is 5.13. The largest absolute Gasteiger partial charge is 0.417 e. The maximum Gasteiger partial charge on any atom is 0.417 e. The van der Waals surface area contributed by atoms with Crippen LogP contribution in [-0.4, -0.2) is 61.6 Å². The van der Waals surface area contributed by atoms with E-state index in [-0.39, 0.29) is 23.4 Å². The van der Waals surface area contributed by atoms with E-state index in [0.29, 0.717) is 60.4 Å². The second-order valence-electron chi connectivity index (χ2n) is 10.3. The van der Waals surface area contributed by atoms with Crippen molar-refractivity contribution < 1.29 is 26.7 Å². The molecule has 3 aromatic rings. The number of anilines is 3. The molecule has 0 spiro atoms. The minimum Gasteiger partial charge on any atom is -0.367 e. The number of benzene rings is 2. The van der Waals surface area contributed by atoms with Crippen molar-refractivity contribution >= 4 is 39.3 Å². The second kappa shape index (κ2) is 11.7. The van der Waals surface area contributed by atoms with E-state index in [4.69, 9.17) is 5.26 Å². The molecule has 1 amide bonds. The van der Waals surface area contributed by atoms with Crippen molar-refractivity contribution in [3.05, 3.63) is 75.8 Å². The molecule has 1 aromatic heterocycles. The van der Waals surface area contributed by atoms with Gasteiger partial charge in [0.05, 0.1) is 28.7 Å². The van der Waals surface area contributed by atoms with Gasteiger partial charge in [-0.1, -0.05) is 17.4 Å². The highest BCUT2D eigenvalue weighted by molar-refractivity contribution is 7.16. The second-order valence-corrected chi connectivity index (χ2v) is 11.3. The summed E-state index contributed by atoms with van der Waals surface area (Å²) in [5, 5.41) is 12.3. The first-order valence-corrected chi connectivity index (χ1v) is 14.0. The normalized spacial score (nSPS) is 18.0. The average Bonchev–Trinajstić information content (AvgIpc) is 3.44. The molecule has 0 radical (unpaired) electrons. The van der Waals surface area contributed by atoms with Gasteiger partial charge in [-0.3, -0.25) is 4.79 Å². The van der Waals surface area contributed by atoms with E-state index in [1.54, 1.807) is 0 Å². The molecule has 1 fully saturated rings. The Morgan fingerprint density at radius 3 is 2.57 bits per heavy atom. The Kier molecular flexibility index (Phi) is 8.21. The predicted molar refractivity (Wildman–Crippen MR) is 152 cm³/mol. The number of hydrogen-bond donors (Lipinski definition) is 1. The van der Waals surface area contributed by atoms with Crippen LogP contribution in [0.5, 0.6) is 0 Å². The quantitative estimate of drug-likeness (QED) is 0.362. The molecule has 2 aromatic carbocycles. The summed E-state index contributed by atoms with van der Waals surface area (Å²) in [6.45, 7) is 4.62. The molecule has 220 valence electrons. The number of aromatic nitrogens is 1. The fraction of sp³-hybridized carbons (Fsp3) is 0.345. The van der Waals surface area contributed by atoms with Gasteiger partial charge < -0.3 is 20.0 Å². The fourth-order valence-corrected chi connectivity index (χ4v) is 5.87. The maximum absolute atomic E-state index is 15.7. The lowest BCUT2D eigenvalue weighted by Crippen LogP contribution is -2.50. The average molecular weight is 603 g/mol. The molecule has 13 heteroatoms. The summed E-state index contributed by atoms with van der Waals surface area (Å²) in [7, 11) is 1.97. The molecule has 5 rings (SSSR count). The molecule has 42 heavy (non-hydrogen) atoms. The van der Waals surface area contributed by atoms with Crippen LogP contribution < -0.4 is 15.1 Å². The monoisotopic (exact) mass is 602 g/mol. The third kappa shape index (κ3) is 6.10. The number of alkyl halides is 3. The molecular formula is C29H27F5N6OS. The summed E-state index contributed by atoms with van der Waals surface area (Å²) in [4.78, 5) is 24.0. The van der Waals surface area contributed by atoms with E-state index in [1.807, 2.05) is 29.8 Å². The highest BCUT2D eigenvalue weighted by Gasteiger charge is 2.36. The number of carbonyl (C=O) groups is 1. The smallest absolute Gasteiger partial charge is 0.367 e. The number of carbonyl (C=O) groups excluding carboxylic acids is 1. The van der Waals surface area contributed by atoms with E-state index in [1.165, 1.54) is 29.7 Å². The minimum atomic E-state index is -4.96. The Hall–Kier alpha value is -4.02. The molecule has 0 aliphatic carbocycles. The Bertz CT molecular complexity index is 1580. The lowest BCUT2D eigenvalue weighted by atomic mass is 9.97. The van der Waals surface area contributed by atoms with E-state index in [0.717, 1.165) is 12.1 Å². The molecule has 0 unspecified atom stereocenters. The first-order chi connectivity index (χ1) is 19.9. The van der Waals surface area contributed by atoms with E-state index < -0.39 is 34.8 Å². The van der Waals surface area contributed by atoms with Gasteiger partial charge in [-0.05, 0) is 56.3 Å². The highest BCUT2D eigenvalue weighted by Crippen LogP contribution is 2.38. The Balaban J connectivity index is 1.50. The minimum absolute atomic E-state index is 0.110. The van der Waals surface area contributed by atoms with Gasteiger partial charge in [-0.25, -0.2) is 13.8 Å². The van der Waals surface area contributed by atoms with Crippen molar-refractivity contribution in [2.45, 2.75) is 25.6 Å². The molecule has 2 aliphatic heterocycles. The van der Waals surface area contributed by atoms with Gasteiger partial charge in [-0.2, -0.15) is 18.4 Å². The number of hydrogen-bond acceptors (Lipinski definition) is 7. The number of rotatable bonds is 5. The number of nitrogens with one attached hydrogen (secondary N) is 1. The van der Waals surface area contributed by atoms with Crippen LogP contribution in [0.25, 0.3) is 5.57 Å². The van der Waals surface area contributed by atoms with Crippen LogP contribution in [-0.2, 0) is 6.18 Å².